The smallest absolute Gasteiger partial charge is 0 e. The van der Waals surface area contributed by atoms with Gasteiger partial charge in [0.1, 0.15) is 0 Å². The maximum absolute atomic E-state index is 0. The molecule has 0 aromatic rings. The van der Waals surface area contributed by atoms with E-state index in [9.17, 15) is 0 Å². The third kappa shape index (κ3) is 11.6. The van der Waals surface area contributed by atoms with Crippen LogP contribution in [0.5, 0.6) is 0 Å². The molecule has 0 bridgehead atoms. The molecular formula is H3F3Ho. The molecule has 0 aliphatic heterocycles. The van der Waals surface area contributed by atoms with Crippen molar-refractivity contribution in [1.29, 1.82) is 0 Å². The second kappa shape index (κ2) is 34.2. The summed E-state index contributed by atoms with van der Waals surface area (Å²) in [5.41, 5.74) is 0. The molecule has 35 valence electrons. The van der Waals surface area contributed by atoms with Crippen molar-refractivity contribution in [2.24, 2.45) is 0 Å². The van der Waals surface area contributed by atoms with Gasteiger partial charge in [0.05, 0.1) is 0 Å². The third-order valence-corrected chi connectivity index (χ3v) is 0. The van der Waals surface area contributed by atoms with E-state index in [1.165, 1.54) is 0 Å². The Bertz CT molecular complexity index is 3.25. The first-order valence-electron chi connectivity index (χ1n) is 0. The van der Waals surface area contributed by atoms with Crippen LogP contribution in [0.25, 0.3) is 0 Å². The molecule has 4 heteroatoms. The van der Waals surface area contributed by atoms with E-state index in [1.807, 2.05) is 0 Å². The fourth-order valence-electron chi connectivity index (χ4n) is 0. The Balaban J connectivity index is 0. The average Bonchev–Trinajstić information content (AvgIpc) is 0. The van der Waals surface area contributed by atoms with Crippen LogP contribution in [-0.4, -0.2) is 0 Å². The summed E-state index contributed by atoms with van der Waals surface area (Å²) in [7, 11) is 0. The molecular weight excluding hydrogens is 222 g/mol. The summed E-state index contributed by atoms with van der Waals surface area (Å²) in [6.07, 6.45) is 0. The largest absolute Gasteiger partial charge is 0.269 e. The van der Waals surface area contributed by atoms with Crippen LogP contribution in [0, 0.1) is 37.7 Å². The van der Waals surface area contributed by atoms with Gasteiger partial charge in [0.2, 0.25) is 0 Å². The van der Waals surface area contributed by atoms with Gasteiger partial charge in [0, 0.05) is 37.7 Å². The fraction of sp³-hybridized carbons (Fsp3) is 0. The Morgan fingerprint density at radius 1 is 0.500 bits per heavy atom. The van der Waals surface area contributed by atoms with Gasteiger partial charge in [-0.1, -0.05) is 0 Å². The van der Waals surface area contributed by atoms with Crippen LogP contribution in [-0.2, 0) is 0 Å². The average molecular weight is 225 g/mol. The van der Waals surface area contributed by atoms with Crippen molar-refractivity contribution in [3.05, 3.63) is 0 Å². The summed E-state index contributed by atoms with van der Waals surface area (Å²) in [5, 5.41) is 0. The molecule has 0 saturated carbocycles. The van der Waals surface area contributed by atoms with Crippen LogP contribution in [0.1, 0.15) is 0 Å². The molecule has 1 radical (unpaired) electrons. The van der Waals surface area contributed by atoms with E-state index in [0.717, 1.165) is 0 Å². The molecule has 0 rings (SSSR count). The zero-order chi connectivity index (χ0) is 0. The molecule has 0 N–H and O–H groups in total. The number of hydrogen-bond donors (Lipinski definition) is 0. The Morgan fingerprint density at radius 2 is 0.500 bits per heavy atom. The minimum absolute atomic E-state index is 0. The van der Waals surface area contributed by atoms with Gasteiger partial charge in [-0.05, 0) is 0 Å². The van der Waals surface area contributed by atoms with Crippen LogP contribution >= 0.6 is 0 Å². The zero-order valence-corrected chi connectivity index (χ0v) is 3.46. The molecule has 0 aromatic carbocycles. The normalized spacial score (nSPS) is 0. The second-order valence-electron chi connectivity index (χ2n) is 0. The Hall–Kier alpha value is 1.05. The van der Waals surface area contributed by atoms with Crippen molar-refractivity contribution in [1.82, 2.24) is 0 Å². The van der Waals surface area contributed by atoms with Gasteiger partial charge in [0.15, 0.2) is 0 Å². The number of halogens is 3. The van der Waals surface area contributed by atoms with E-state index in [0.29, 0.717) is 0 Å². The molecule has 0 aliphatic rings. The van der Waals surface area contributed by atoms with Gasteiger partial charge in [-0.2, -0.15) is 0 Å². The minimum atomic E-state index is 0. The maximum atomic E-state index is 0. The first-order chi connectivity index (χ1) is 0. The van der Waals surface area contributed by atoms with Crippen LogP contribution in [0.4, 0.5) is 14.1 Å². The summed E-state index contributed by atoms with van der Waals surface area (Å²) >= 11 is 0. The Labute approximate surface area is 51.7 Å². The fourth-order valence-corrected chi connectivity index (χ4v) is 0. The van der Waals surface area contributed by atoms with Gasteiger partial charge < -0.3 is 0 Å². The molecule has 0 saturated heterocycles. The molecule has 0 spiro atoms. The first-order valence-corrected chi connectivity index (χ1v) is 0. The molecule has 0 aromatic heterocycles. The number of rotatable bonds is 0. The third-order valence-electron chi connectivity index (χ3n) is 0. The van der Waals surface area contributed by atoms with Crippen molar-refractivity contribution < 1.29 is 51.9 Å². The summed E-state index contributed by atoms with van der Waals surface area (Å²) in [5.74, 6) is 0. The van der Waals surface area contributed by atoms with Gasteiger partial charge >= 0.3 is 0 Å². The van der Waals surface area contributed by atoms with E-state index in [4.69, 9.17) is 0 Å². The van der Waals surface area contributed by atoms with Gasteiger partial charge in [-0.3, -0.25) is 14.1 Å². The van der Waals surface area contributed by atoms with Gasteiger partial charge in [-0.15, -0.1) is 0 Å². The first kappa shape index (κ1) is 75.2. The van der Waals surface area contributed by atoms with Crippen LogP contribution in [0.15, 0.2) is 0 Å². The molecule has 0 aliphatic carbocycles. The maximum Gasteiger partial charge on any atom is 0 e. The van der Waals surface area contributed by atoms with E-state index in [-0.39, 0.29) is 51.9 Å². The molecule has 0 atom stereocenters. The molecule has 0 fully saturated rings. The van der Waals surface area contributed by atoms with Crippen LogP contribution in [0.2, 0.25) is 0 Å². The molecule has 4 heavy (non-hydrogen) atoms. The van der Waals surface area contributed by atoms with E-state index in [1.54, 1.807) is 0 Å². The van der Waals surface area contributed by atoms with Crippen LogP contribution in [0.3, 0.4) is 0 Å². The van der Waals surface area contributed by atoms with Gasteiger partial charge in [-0.25, -0.2) is 0 Å². The summed E-state index contributed by atoms with van der Waals surface area (Å²) in [6.45, 7) is 0. The molecule has 0 heterocycles. The summed E-state index contributed by atoms with van der Waals surface area (Å²) < 4.78 is 0. The van der Waals surface area contributed by atoms with Crippen molar-refractivity contribution in [2.45, 2.75) is 0 Å². The van der Waals surface area contributed by atoms with Crippen molar-refractivity contribution >= 4 is 0 Å². The van der Waals surface area contributed by atoms with E-state index < -0.39 is 0 Å². The van der Waals surface area contributed by atoms with Gasteiger partial charge in [0.25, 0.3) is 0 Å². The number of hydrogen-bond acceptors (Lipinski definition) is 0. The minimum Gasteiger partial charge on any atom is -0.269 e. The SMILES string of the molecule is F.F.F.[Ho]. The zero-order valence-electron chi connectivity index (χ0n) is 1.53. The standard InChI is InChI=1S/3FH.Ho/h3*1H;. The summed E-state index contributed by atoms with van der Waals surface area (Å²) in [4.78, 5) is 0. The van der Waals surface area contributed by atoms with Crippen LogP contribution < -0.4 is 0 Å². The predicted octanol–water partition coefficient (Wildman–Crippen LogP) is 0.458. The van der Waals surface area contributed by atoms with E-state index in [2.05, 4.69) is 0 Å². The van der Waals surface area contributed by atoms with Crippen molar-refractivity contribution in [2.75, 3.05) is 0 Å². The summed E-state index contributed by atoms with van der Waals surface area (Å²) in [6, 6.07) is 0. The Kier molecular flexibility index (Phi) is 642. The molecule has 0 nitrogen and oxygen atoms in total. The second-order valence-corrected chi connectivity index (χ2v) is 0. The van der Waals surface area contributed by atoms with E-state index >= 15 is 0 Å². The van der Waals surface area contributed by atoms with Crippen molar-refractivity contribution in [3.63, 3.8) is 0 Å². The topological polar surface area (TPSA) is 0 Å². The quantitative estimate of drug-likeness (QED) is 0.525. The molecule has 0 amide bonds. The van der Waals surface area contributed by atoms with Crippen molar-refractivity contribution in [3.8, 4) is 0 Å². The Morgan fingerprint density at radius 3 is 0.500 bits per heavy atom. The monoisotopic (exact) mass is 225 g/mol. The molecule has 0 unspecified atom stereocenters. The predicted molar refractivity (Wildman–Crippen MR) is 7.51 cm³/mol.